The Labute approximate surface area is 125 Å². The highest BCUT2D eigenvalue weighted by molar-refractivity contribution is 6.09. The van der Waals surface area contributed by atoms with Crippen molar-refractivity contribution in [3.63, 3.8) is 0 Å². The molecule has 1 atom stereocenters. The van der Waals surface area contributed by atoms with Gasteiger partial charge >= 0.3 is 12.0 Å². The molecule has 3 amide bonds. The minimum Gasteiger partial charge on any atom is -0.480 e. The molecule has 116 valence electrons. The van der Waals surface area contributed by atoms with E-state index >= 15 is 0 Å². The molecule has 0 bridgehead atoms. The van der Waals surface area contributed by atoms with Crippen LogP contribution in [0.1, 0.15) is 18.9 Å². The molecule has 0 aliphatic carbocycles. The molecule has 1 aromatic carbocycles. The van der Waals surface area contributed by atoms with Crippen LogP contribution in [0.5, 0.6) is 11.5 Å². The van der Waals surface area contributed by atoms with Gasteiger partial charge in [-0.1, -0.05) is 13.0 Å². The van der Waals surface area contributed by atoms with Crippen LogP contribution in [-0.2, 0) is 15.1 Å². The van der Waals surface area contributed by atoms with Gasteiger partial charge in [-0.3, -0.25) is 14.5 Å². The van der Waals surface area contributed by atoms with E-state index in [9.17, 15) is 14.4 Å². The second-order valence-corrected chi connectivity index (χ2v) is 5.04. The number of carbonyl (C=O) groups excluding carboxylic acids is 2. The number of rotatable bonds is 4. The van der Waals surface area contributed by atoms with Crippen LogP contribution in [0.15, 0.2) is 18.2 Å². The third kappa shape index (κ3) is 1.95. The van der Waals surface area contributed by atoms with Crippen LogP contribution in [-0.4, -0.2) is 41.3 Å². The van der Waals surface area contributed by atoms with E-state index < -0.39 is 30.0 Å². The van der Waals surface area contributed by atoms with E-state index in [1.54, 1.807) is 25.1 Å². The van der Waals surface area contributed by atoms with Crippen molar-refractivity contribution >= 4 is 17.9 Å². The number of hydrogen-bond donors (Lipinski definition) is 2. The molecule has 0 spiro atoms. The molecule has 1 unspecified atom stereocenters. The lowest BCUT2D eigenvalue weighted by Gasteiger charge is -2.25. The fourth-order valence-corrected chi connectivity index (χ4v) is 2.71. The standard InChI is InChI=1S/C14H14N2O6/c1-2-14(8-3-4-9-10(5-8)22-7-21-9)12(19)16(6-11(17)18)13(20)15-14/h3-5H,2,6-7H2,1H3,(H,15,20)(H,17,18). The van der Waals surface area contributed by atoms with Crippen molar-refractivity contribution in [3.05, 3.63) is 23.8 Å². The summed E-state index contributed by atoms with van der Waals surface area (Å²) >= 11 is 0. The third-order valence-corrected chi connectivity index (χ3v) is 3.86. The van der Waals surface area contributed by atoms with Crippen LogP contribution < -0.4 is 14.8 Å². The molecule has 2 aliphatic rings. The summed E-state index contributed by atoms with van der Waals surface area (Å²) in [5, 5.41) is 11.4. The van der Waals surface area contributed by atoms with Crippen LogP contribution in [0.3, 0.4) is 0 Å². The number of aliphatic carboxylic acids is 1. The average Bonchev–Trinajstić information content (AvgIpc) is 3.04. The Kier molecular flexibility index (Phi) is 3.16. The maximum atomic E-state index is 12.6. The smallest absolute Gasteiger partial charge is 0.325 e. The highest BCUT2D eigenvalue weighted by atomic mass is 16.7. The van der Waals surface area contributed by atoms with Gasteiger partial charge in [0.15, 0.2) is 11.5 Å². The summed E-state index contributed by atoms with van der Waals surface area (Å²) in [6.45, 7) is 1.17. The van der Waals surface area contributed by atoms with Gasteiger partial charge in [-0.25, -0.2) is 4.79 Å². The van der Waals surface area contributed by atoms with Crippen LogP contribution >= 0.6 is 0 Å². The largest absolute Gasteiger partial charge is 0.480 e. The van der Waals surface area contributed by atoms with E-state index in [0.29, 0.717) is 22.0 Å². The number of carbonyl (C=O) groups is 3. The zero-order chi connectivity index (χ0) is 15.9. The van der Waals surface area contributed by atoms with E-state index in [2.05, 4.69) is 5.32 Å². The van der Waals surface area contributed by atoms with Gasteiger partial charge in [0.25, 0.3) is 5.91 Å². The Hall–Kier alpha value is -2.77. The number of benzene rings is 1. The summed E-state index contributed by atoms with van der Waals surface area (Å²) in [6.07, 6.45) is 0.285. The molecule has 2 heterocycles. The molecule has 1 aromatic rings. The van der Waals surface area contributed by atoms with E-state index in [1.165, 1.54) is 0 Å². The molecular formula is C14H14N2O6. The second kappa shape index (κ2) is 4.90. The molecule has 0 aromatic heterocycles. The number of fused-ring (bicyclic) bond motifs is 1. The number of urea groups is 1. The number of nitrogens with zero attached hydrogens (tertiary/aromatic N) is 1. The van der Waals surface area contributed by atoms with Crippen molar-refractivity contribution in [2.45, 2.75) is 18.9 Å². The fourth-order valence-electron chi connectivity index (χ4n) is 2.71. The summed E-state index contributed by atoms with van der Waals surface area (Å²) < 4.78 is 10.5. The summed E-state index contributed by atoms with van der Waals surface area (Å²) in [5.74, 6) is -0.777. The molecule has 0 radical (unpaired) electrons. The Bertz CT molecular complexity index is 673. The average molecular weight is 306 g/mol. The Morgan fingerprint density at radius 2 is 2.09 bits per heavy atom. The number of carboxylic acid groups (broad SMARTS) is 1. The fraction of sp³-hybridized carbons (Fsp3) is 0.357. The maximum absolute atomic E-state index is 12.6. The van der Waals surface area contributed by atoms with Crippen molar-refractivity contribution in [1.29, 1.82) is 0 Å². The Morgan fingerprint density at radius 1 is 1.36 bits per heavy atom. The van der Waals surface area contributed by atoms with Gasteiger partial charge in [0, 0.05) is 0 Å². The van der Waals surface area contributed by atoms with Gasteiger partial charge < -0.3 is 19.9 Å². The lowest BCUT2D eigenvalue weighted by Crippen LogP contribution is -2.43. The first kappa shape index (κ1) is 14.2. The van der Waals surface area contributed by atoms with Crippen LogP contribution in [0, 0.1) is 0 Å². The molecule has 8 heteroatoms. The van der Waals surface area contributed by atoms with Crippen molar-refractivity contribution in [1.82, 2.24) is 10.2 Å². The molecule has 1 fully saturated rings. The van der Waals surface area contributed by atoms with Crippen LogP contribution in [0.25, 0.3) is 0 Å². The minimum atomic E-state index is -1.28. The van der Waals surface area contributed by atoms with Gasteiger partial charge in [0.2, 0.25) is 6.79 Å². The number of amides is 3. The van der Waals surface area contributed by atoms with Gasteiger partial charge in [0.05, 0.1) is 0 Å². The summed E-state index contributed by atoms with van der Waals surface area (Å²) in [5.41, 5.74) is -0.751. The van der Waals surface area contributed by atoms with E-state index in [4.69, 9.17) is 14.6 Å². The summed E-state index contributed by atoms with van der Waals surface area (Å²) in [4.78, 5) is 36.1. The highest BCUT2D eigenvalue weighted by Gasteiger charge is 2.52. The SMILES string of the molecule is CCC1(c2ccc3c(c2)OCO3)NC(=O)N(CC(=O)O)C1=O. The Balaban J connectivity index is 2.01. The predicted molar refractivity (Wildman–Crippen MR) is 72.4 cm³/mol. The summed E-state index contributed by atoms with van der Waals surface area (Å²) in [6, 6.07) is 4.24. The van der Waals surface area contributed by atoms with Crippen molar-refractivity contribution in [3.8, 4) is 11.5 Å². The zero-order valence-electron chi connectivity index (χ0n) is 11.8. The number of carboxylic acids is 1. The van der Waals surface area contributed by atoms with Crippen molar-refractivity contribution in [2.75, 3.05) is 13.3 Å². The maximum Gasteiger partial charge on any atom is 0.325 e. The van der Waals surface area contributed by atoms with E-state index in [-0.39, 0.29) is 13.2 Å². The van der Waals surface area contributed by atoms with Gasteiger partial charge in [0.1, 0.15) is 12.1 Å². The molecule has 3 rings (SSSR count). The van der Waals surface area contributed by atoms with Gasteiger partial charge in [-0.2, -0.15) is 0 Å². The molecule has 22 heavy (non-hydrogen) atoms. The molecule has 0 saturated carbocycles. The second-order valence-electron chi connectivity index (χ2n) is 5.04. The normalized spacial score (nSPS) is 22.9. The Morgan fingerprint density at radius 3 is 2.77 bits per heavy atom. The molecule has 2 N–H and O–H groups in total. The predicted octanol–water partition coefficient (Wildman–Crippen LogP) is 0.657. The molecule has 1 saturated heterocycles. The first-order valence-corrected chi connectivity index (χ1v) is 6.74. The minimum absolute atomic E-state index is 0.101. The van der Waals surface area contributed by atoms with Gasteiger partial charge in [-0.05, 0) is 24.1 Å². The van der Waals surface area contributed by atoms with Crippen LogP contribution in [0.2, 0.25) is 0 Å². The number of hydrogen-bond acceptors (Lipinski definition) is 5. The molecule has 8 nitrogen and oxygen atoms in total. The number of nitrogens with one attached hydrogen (secondary N) is 1. The van der Waals surface area contributed by atoms with E-state index in [1.807, 2.05) is 0 Å². The van der Waals surface area contributed by atoms with Gasteiger partial charge in [-0.15, -0.1) is 0 Å². The quantitative estimate of drug-likeness (QED) is 0.792. The number of ether oxygens (including phenoxy) is 2. The topological polar surface area (TPSA) is 105 Å². The van der Waals surface area contributed by atoms with Crippen molar-refractivity contribution in [2.24, 2.45) is 0 Å². The molecule has 2 aliphatic heterocycles. The highest BCUT2D eigenvalue weighted by Crippen LogP contribution is 2.39. The zero-order valence-corrected chi connectivity index (χ0v) is 11.8. The third-order valence-electron chi connectivity index (χ3n) is 3.86. The van der Waals surface area contributed by atoms with Crippen molar-refractivity contribution < 1.29 is 29.0 Å². The summed E-state index contributed by atoms with van der Waals surface area (Å²) in [7, 11) is 0. The number of imide groups is 1. The first-order valence-electron chi connectivity index (χ1n) is 6.74. The lowest BCUT2D eigenvalue weighted by atomic mass is 9.87. The monoisotopic (exact) mass is 306 g/mol. The van der Waals surface area contributed by atoms with Crippen LogP contribution in [0.4, 0.5) is 4.79 Å². The molecular weight excluding hydrogens is 292 g/mol. The lowest BCUT2D eigenvalue weighted by molar-refractivity contribution is -0.143. The van der Waals surface area contributed by atoms with E-state index in [0.717, 1.165) is 0 Å². The first-order chi connectivity index (χ1) is 10.5.